The van der Waals surface area contributed by atoms with Crippen LogP contribution in [0.15, 0.2) is 84.9 Å². The molecular formula is C25H23N3O3. The minimum Gasteiger partial charge on any atom is -0.348 e. The molecule has 3 amide bonds. The maximum atomic E-state index is 12.9. The fraction of sp³-hybridized carbons (Fsp3) is 0.160. The molecule has 0 aromatic heterocycles. The maximum absolute atomic E-state index is 12.9. The van der Waals surface area contributed by atoms with Crippen LogP contribution in [0, 0.1) is 5.92 Å². The van der Waals surface area contributed by atoms with Gasteiger partial charge in [-0.15, -0.1) is 0 Å². The second-order valence-electron chi connectivity index (χ2n) is 7.44. The lowest BCUT2D eigenvalue weighted by atomic mass is 10.1. The first kappa shape index (κ1) is 20.3. The quantitative estimate of drug-likeness (QED) is 0.648. The highest BCUT2D eigenvalue weighted by Gasteiger charge is 2.35. The Morgan fingerprint density at radius 3 is 2.26 bits per heavy atom. The zero-order valence-electron chi connectivity index (χ0n) is 17.0. The first-order valence-corrected chi connectivity index (χ1v) is 10.2. The van der Waals surface area contributed by atoms with Gasteiger partial charge in [-0.1, -0.05) is 60.7 Å². The molecule has 0 saturated carbocycles. The van der Waals surface area contributed by atoms with Crippen molar-refractivity contribution in [2.24, 2.45) is 5.92 Å². The largest absolute Gasteiger partial charge is 0.348 e. The molecule has 1 atom stereocenters. The van der Waals surface area contributed by atoms with Crippen molar-refractivity contribution >= 4 is 29.1 Å². The number of hydrogen-bond donors (Lipinski definition) is 2. The fourth-order valence-corrected chi connectivity index (χ4v) is 3.64. The van der Waals surface area contributed by atoms with Crippen LogP contribution < -0.4 is 15.5 Å². The van der Waals surface area contributed by atoms with Gasteiger partial charge in [0.1, 0.15) is 0 Å². The number of benzene rings is 3. The van der Waals surface area contributed by atoms with E-state index in [4.69, 9.17) is 0 Å². The molecule has 1 aliphatic rings. The lowest BCUT2D eigenvalue weighted by molar-refractivity contribution is -0.122. The van der Waals surface area contributed by atoms with Gasteiger partial charge in [-0.05, 0) is 29.8 Å². The van der Waals surface area contributed by atoms with E-state index in [1.807, 2.05) is 60.7 Å². The molecule has 156 valence electrons. The van der Waals surface area contributed by atoms with E-state index in [0.717, 1.165) is 11.3 Å². The summed E-state index contributed by atoms with van der Waals surface area (Å²) in [6, 6.07) is 25.8. The molecule has 0 spiro atoms. The van der Waals surface area contributed by atoms with E-state index < -0.39 is 5.92 Å². The van der Waals surface area contributed by atoms with E-state index in [1.54, 1.807) is 29.2 Å². The van der Waals surface area contributed by atoms with Crippen molar-refractivity contribution in [2.45, 2.75) is 13.0 Å². The topological polar surface area (TPSA) is 78.5 Å². The Kier molecular flexibility index (Phi) is 6.08. The highest BCUT2D eigenvalue weighted by molar-refractivity contribution is 6.07. The summed E-state index contributed by atoms with van der Waals surface area (Å²) >= 11 is 0. The lowest BCUT2D eigenvalue weighted by Crippen LogP contribution is -2.29. The van der Waals surface area contributed by atoms with Gasteiger partial charge in [0, 0.05) is 25.2 Å². The highest BCUT2D eigenvalue weighted by atomic mass is 16.2. The third-order valence-electron chi connectivity index (χ3n) is 5.29. The molecule has 1 heterocycles. The SMILES string of the molecule is O=C(NCc1ccccc1)c1ccccc1NC(=O)[C@@H]1CC(=O)N(c2ccccc2)C1. The average Bonchev–Trinajstić information content (AvgIpc) is 3.21. The Morgan fingerprint density at radius 2 is 1.52 bits per heavy atom. The molecule has 1 saturated heterocycles. The molecule has 3 aromatic rings. The van der Waals surface area contributed by atoms with Gasteiger partial charge in [0.2, 0.25) is 11.8 Å². The molecular weight excluding hydrogens is 390 g/mol. The van der Waals surface area contributed by atoms with Crippen molar-refractivity contribution in [3.8, 4) is 0 Å². The number of rotatable bonds is 6. The Bertz CT molecular complexity index is 1080. The van der Waals surface area contributed by atoms with Gasteiger partial charge in [0.25, 0.3) is 5.91 Å². The smallest absolute Gasteiger partial charge is 0.253 e. The number of amides is 3. The van der Waals surface area contributed by atoms with Crippen molar-refractivity contribution in [1.82, 2.24) is 5.32 Å². The average molecular weight is 413 g/mol. The Morgan fingerprint density at radius 1 is 0.871 bits per heavy atom. The van der Waals surface area contributed by atoms with Crippen LogP contribution in [-0.4, -0.2) is 24.3 Å². The van der Waals surface area contributed by atoms with Gasteiger partial charge in [0.15, 0.2) is 0 Å². The van der Waals surface area contributed by atoms with Gasteiger partial charge >= 0.3 is 0 Å². The minimum absolute atomic E-state index is 0.0831. The van der Waals surface area contributed by atoms with Crippen molar-refractivity contribution < 1.29 is 14.4 Å². The molecule has 1 fully saturated rings. The normalized spacial score (nSPS) is 15.5. The van der Waals surface area contributed by atoms with Crippen molar-refractivity contribution in [2.75, 3.05) is 16.8 Å². The highest BCUT2D eigenvalue weighted by Crippen LogP contribution is 2.26. The number of nitrogens with zero attached hydrogens (tertiary/aromatic N) is 1. The van der Waals surface area contributed by atoms with Crippen LogP contribution in [0.25, 0.3) is 0 Å². The number of carbonyl (C=O) groups excluding carboxylic acids is 3. The standard InChI is InChI=1S/C25H23N3O3/c29-23-15-19(17-28(23)20-11-5-2-6-12-20)24(30)27-22-14-8-7-13-21(22)25(31)26-16-18-9-3-1-4-10-18/h1-14,19H,15-17H2,(H,26,31)(H,27,30)/t19-/m1/s1. The van der Waals surface area contributed by atoms with Gasteiger partial charge < -0.3 is 15.5 Å². The second kappa shape index (κ2) is 9.26. The Labute approximate surface area is 180 Å². The zero-order chi connectivity index (χ0) is 21.6. The molecule has 1 aliphatic heterocycles. The van der Waals surface area contributed by atoms with Crippen LogP contribution in [0.1, 0.15) is 22.3 Å². The first-order valence-electron chi connectivity index (χ1n) is 10.2. The van der Waals surface area contributed by atoms with E-state index >= 15 is 0 Å². The number of hydrogen-bond acceptors (Lipinski definition) is 3. The third kappa shape index (κ3) is 4.80. The van der Waals surface area contributed by atoms with Gasteiger partial charge in [-0.25, -0.2) is 0 Å². The van der Waals surface area contributed by atoms with E-state index in [0.29, 0.717) is 24.3 Å². The van der Waals surface area contributed by atoms with Crippen molar-refractivity contribution in [1.29, 1.82) is 0 Å². The van der Waals surface area contributed by atoms with E-state index in [9.17, 15) is 14.4 Å². The molecule has 4 rings (SSSR count). The molecule has 0 radical (unpaired) electrons. The molecule has 2 N–H and O–H groups in total. The van der Waals surface area contributed by atoms with Gasteiger partial charge in [-0.3, -0.25) is 14.4 Å². The summed E-state index contributed by atoms with van der Waals surface area (Å²) in [5.74, 6) is -1.10. The van der Waals surface area contributed by atoms with Crippen molar-refractivity contribution in [3.05, 3.63) is 96.1 Å². The van der Waals surface area contributed by atoms with Gasteiger partial charge in [0.05, 0.1) is 17.2 Å². The summed E-state index contributed by atoms with van der Waals surface area (Å²) in [7, 11) is 0. The van der Waals surface area contributed by atoms with E-state index in [2.05, 4.69) is 10.6 Å². The van der Waals surface area contributed by atoms with Crippen LogP contribution in [0.5, 0.6) is 0 Å². The predicted octanol–water partition coefficient (Wildman–Crippen LogP) is 3.61. The first-order chi connectivity index (χ1) is 15.1. The molecule has 6 heteroatoms. The van der Waals surface area contributed by atoms with Crippen LogP contribution in [0.2, 0.25) is 0 Å². The summed E-state index contributed by atoms with van der Waals surface area (Å²) < 4.78 is 0. The molecule has 3 aromatic carbocycles. The Balaban J connectivity index is 1.42. The van der Waals surface area contributed by atoms with Crippen molar-refractivity contribution in [3.63, 3.8) is 0 Å². The molecule has 6 nitrogen and oxygen atoms in total. The number of carbonyl (C=O) groups is 3. The monoisotopic (exact) mass is 413 g/mol. The molecule has 0 bridgehead atoms. The zero-order valence-corrected chi connectivity index (χ0v) is 17.0. The maximum Gasteiger partial charge on any atom is 0.253 e. The second-order valence-corrected chi connectivity index (χ2v) is 7.44. The lowest BCUT2D eigenvalue weighted by Gasteiger charge is -2.17. The summed E-state index contributed by atoms with van der Waals surface area (Å²) in [5, 5.41) is 5.73. The summed E-state index contributed by atoms with van der Waals surface area (Å²) in [6.45, 7) is 0.710. The molecule has 0 unspecified atom stereocenters. The van der Waals surface area contributed by atoms with E-state index in [-0.39, 0.29) is 24.1 Å². The Hall–Kier alpha value is -3.93. The predicted molar refractivity (Wildman–Crippen MR) is 120 cm³/mol. The van der Waals surface area contributed by atoms with E-state index in [1.165, 1.54) is 0 Å². The van der Waals surface area contributed by atoms with Crippen LogP contribution >= 0.6 is 0 Å². The number of para-hydroxylation sites is 2. The molecule has 0 aliphatic carbocycles. The summed E-state index contributed by atoms with van der Waals surface area (Å²) in [5.41, 5.74) is 2.59. The van der Waals surface area contributed by atoms with Crippen LogP contribution in [0.4, 0.5) is 11.4 Å². The van der Waals surface area contributed by atoms with Crippen LogP contribution in [-0.2, 0) is 16.1 Å². The third-order valence-corrected chi connectivity index (χ3v) is 5.29. The van der Waals surface area contributed by atoms with Crippen LogP contribution in [0.3, 0.4) is 0 Å². The number of anilines is 2. The fourth-order valence-electron chi connectivity index (χ4n) is 3.64. The number of nitrogens with one attached hydrogen (secondary N) is 2. The summed E-state index contributed by atoms with van der Waals surface area (Å²) in [4.78, 5) is 39.6. The molecule has 31 heavy (non-hydrogen) atoms. The minimum atomic E-state index is -0.479. The van der Waals surface area contributed by atoms with Gasteiger partial charge in [-0.2, -0.15) is 0 Å². The summed E-state index contributed by atoms with van der Waals surface area (Å²) in [6.07, 6.45) is 0.142.